The Bertz CT molecular complexity index is 2390. The van der Waals surface area contributed by atoms with Gasteiger partial charge in [0.2, 0.25) is 11.8 Å². The minimum atomic E-state index is -5.08. The molecule has 3 aliphatic heterocycles. The van der Waals surface area contributed by atoms with Crippen molar-refractivity contribution in [3.63, 3.8) is 0 Å². The van der Waals surface area contributed by atoms with Crippen LogP contribution in [-0.4, -0.2) is 90.2 Å². The topological polar surface area (TPSA) is 189 Å². The molecule has 0 radical (unpaired) electrons. The van der Waals surface area contributed by atoms with Gasteiger partial charge in [-0.3, -0.25) is 38.9 Å². The molecule has 4 aromatic rings. The molecule has 5 heterocycles. The van der Waals surface area contributed by atoms with Crippen molar-refractivity contribution in [1.82, 2.24) is 29.5 Å². The average Bonchev–Trinajstić information content (AvgIpc) is 3.89. The van der Waals surface area contributed by atoms with Crippen LogP contribution in [0.3, 0.4) is 0 Å². The highest BCUT2D eigenvalue weighted by molar-refractivity contribution is 6.23. The first-order valence-electron chi connectivity index (χ1n) is 17.1. The van der Waals surface area contributed by atoms with Gasteiger partial charge in [-0.05, 0) is 56.7 Å². The number of benzene rings is 2. The molecule has 21 heteroatoms. The normalized spacial score (nSPS) is 17.1. The van der Waals surface area contributed by atoms with Gasteiger partial charge in [0.1, 0.15) is 11.6 Å². The maximum atomic E-state index is 13.4. The van der Waals surface area contributed by atoms with Crippen molar-refractivity contribution in [2.45, 2.75) is 50.6 Å². The lowest BCUT2D eigenvalue weighted by molar-refractivity contribution is -0.192. The van der Waals surface area contributed by atoms with E-state index in [2.05, 4.69) is 32.6 Å². The van der Waals surface area contributed by atoms with Gasteiger partial charge in [0.25, 0.3) is 17.7 Å². The first-order valence-corrected chi connectivity index (χ1v) is 17.1. The Balaban J connectivity index is 0.000000743. The first-order chi connectivity index (χ1) is 27.1. The van der Waals surface area contributed by atoms with Crippen LogP contribution in [0, 0.1) is 17.8 Å². The molecule has 0 aliphatic carbocycles. The second kappa shape index (κ2) is 15.2. The van der Waals surface area contributed by atoms with Crippen LogP contribution in [0.15, 0.2) is 67.5 Å². The molecule has 7 rings (SSSR count). The van der Waals surface area contributed by atoms with Crippen LogP contribution >= 0.6 is 0 Å². The van der Waals surface area contributed by atoms with E-state index in [1.54, 1.807) is 38.2 Å². The highest BCUT2D eigenvalue weighted by Gasteiger charge is 2.45. The Hall–Kier alpha value is -6.98. The molecule has 2 fully saturated rings. The fourth-order valence-electron chi connectivity index (χ4n) is 6.12. The summed E-state index contributed by atoms with van der Waals surface area (Å²) in [5.41, 5.74) is -0.174. The van der Waals surface area contributed by atoms with E-state index in [9.17, 15) is 50.3 Å². The lowest BCUT2D eigenvalue weighted by Crippen LogP contribution is -2.54. The number of carbonyl (C=O) groups is 6. The maximum Gasteiger partial charge on any atom is 0.490 e. The number of carboxylic acids is 1. The van der Waals surface area contributed by atoms with E-state index < -0.39 is 65.0 Å². The minimum Gasteiger partial charge on any atom is -0.475 e. The molecule has 5 amide bonds. The second-order valence-corrected chi connectivity index (χ2v) is 13.7. The van der Waals surface area contributed by atoms with Crippen LogP contribution < -0.4 is 15.5 Å². The number of piperidine rings is 1. The number of imidazole rings is 1. The monoisotopic (exact) mass is 812 g/mol. The van der Waals surface area contributed by atoms with Crippen molar-refractivity contribution in [3.05, 3.63) is 89.8 Å². The molecule has 1 atom stereocenters. The van der Waals surface area contributed by atoms with E-state index in [-0.39, 0.29) is 41.3 Å². The Morgan fingerprint density at radius 2 is 1.66 bits per heavy atom. The number of carboxylic acid groups (broad SMARTS) is 1. The third-order valence-electron chi connectivity index (χ3n) is 9.40. The summed E-state index contributed by atoms with van der Waals surface area (Å²) in [7, 11) is 0. The van der Waals surface area contributed by atoms with Crippen molar-refractivity contribution in [2.75, 3.05) is 23.3 Å². The summed E-state index contributed by atoms with van der Waals surface area (Å²) >= 11 is 0. The molecule has 302 valence electrons. The fraction of sp³-hybridized carbons (Fsp3) is 0.297. The molecule has 15 nitrogen and oxygen atoms in total. The number of nitrogens with one attached hydrogen (secondary N) is 2. The number of imide groups is 2. The predicted molar refractivity (Wildman–Crippen MR) is 188 cm³/mol. The van der Waals surface area contributed by atoms with Gasteiger partial charge in [0.15, 0.2) is 0 Å². The van der Waals surface area contributed by atoms with Gasteiger partial charge in [-0.2, -0.15) is 31.4 Å². The number of hydrogen-bond acceptors (Lipinski definition) is 9. The van der Waals surface area contributed by atoms with Gasteiger partial charge in [-0.15, -0.1) is 0 Å². The highest BCUT2D eigenvalue weighted by Crippen LogP contribution is 2.35. The molecule has 58 heavy (non-hydrogen) atoms. The van der Waals surface area contributed by atoms with Gasteiger partial charge in [-0.1, -0.05) is 11.8 Å². The van der Waals surface area contributed by atoms with E-state index >= 15 is 0 Å². The SMILES string of the molecule is CC(C)(C(=O)Nc1ccc(C(F)(F)F)cc1-n1ccnc1)n1cc(C#CC2CN(c3ccc4c(c3)C(=O)N(C3CCC(=O)NC3=O)C4=O)C2)cn1.O=C(O)C(F)(F)F. The summed E-state index contributed by atoms with van der Waals surface area (Å²) in [5.74, 6) is 0.728. The van der Waals surface area contributed by atoms with Gasteiger partial charge in [0, 0.05) is 43.8 Å². The predicted octanol–water partition coefficient (Wildman–Crippen LogP) is 3.98. The first kappa shape index (κ1) is 40.7. The van der Waals surface area contributed by atoms with Crippen LogP contribution in [0.2, 0.25) is 0 Å². The average molecular weight is 813 g/mol. The summed E-state index contributed by atoms with van der Waals surface area (Å²) < 4.78 is 74.8. The zero-order chi connectivity index (χ0) is 42.3. The van der Waals surface area contributed by atoms with Gasteiger partial charge >= 0.3 is 18.3 Å². The van der Waals surface area contributed by atoms with Crippen molar-refractivity contribution in [2.24, 2.45) is 5.92 Å². The van der Waals surface area contributed by atoms with Crippen LogP contribution in [0.1, 0.15) is 58.5 Å². The Morgan fingerprint density at radius 3 is 2.28 bits per heavy atom. The number of anilines is 2. The summed E-state index contributed by atoms with van der Waals surface area (Å²) in [6, 6.07) is 6.94. The van der Waals surface area contributed by atoms with Gasteiger partial charge in [-0.25, -0.2) is 9.78 Å². The maximum absolute atomic E-state index is 13.4. The number of aromatic nitrogens is 4. The fourth-order valence-corrected chi connectivity index (χ4v) is 6.12. The van der Waals surface area contributed by atoms with E-state index in [0.29, 0.717) is 18.7 Å². The van der Waals surface area contributed by atoms with E-state index in [1.165, 1.54) is 40.2 Å². The van der Waals surface area contributed by atoms with Crippen LogP contribution in [-0.2, 0) is 30.9 Å². The van der Waals surface area contributed by atoms with Crippen molar-refractivity contribution in [3.8, 4) is 17.5 Å². The van der Waals surface area contributed by atoms with Crippen molar-refractivity contribution in [1.29, 1.82) is 0 Å². The summed E-state index contributed by atoms with van der Waals surface area (Å²) in [6.07, 6.45) is -2.17. The molecule has 3 N–H and O–H groups in total. The molecule has 0 saturated carbocycles. The third kappa shape index (κ3) is 8.25. The number of carbonyl (C=O) groups excluding carboxylic acids is 5. The molecular weight excluding hydrogens is 782 g/mol. The number of aliphatic carboxylic acids is 1. The largest absolute Gasteiger partial charge is 0.490 e. The Morgan fingerprint density at radius 1 is 0.966 bits per heavy atom. The van der Waals surface area contributed by atoms with Crippen molar-refractivity contribution < 1.29 is 60.2 Å². The second-order valence-electron chi connectivity index (χ2n) is 13.7. The standard InChI is InChI=1S/C35H29F3N8O5.C2HF3O2/c1-34(2,33(51)41-26-8-5-22(35(36,37)38)13-28(26)43-12-11-39-19-43)45-18-20(15-40-45)3-4-21-16-44(17-21)23-6-7-24-25(14-23)32(50)46(31(24)49)27-9-10-29(47)42-30(27)48;3-2(4,5)1(6)7/h5-8,11-15,18-19,21,27H,9-10,16-17H2,1-2H3,(H,41,51)(H,42,47,48);(H,6,7). The lowest BCUT2D eigenvalue weighted by atomic mass is 9.98. The van der Waals surface area contributed by atoms with Crippen LogP contribution in [0.25, 0.3) is 5.69 Å². The molecular formula is C37H30F6N8O7. The molecule has 2 aromatic heterocycles. The number of alkyl halides is 6. The Kier molecular flexibility index (Phi) is 10.6. The minimum absolute atomic E-state index is 0.0171. The number of halogens is 6. The smallest absolute Gasteiger partial charge is 0.475 e. The summed E-state index contributed by atoms with van der Waals surface area (Å²) in [6.45, 7) is 4.35. The van der Waals surface area contributed by atoms with Crippen LogP contribution in [0.5, 0.6) is 0 Å². The van der Waals surface area contributed by atoms with Gasteiger partial charge in [0.05, 0.1) is 52.1 Å². The number of amides is 5. The molecule has 2 saturated heterocycles. The number of nitrogens with zero attached hydrogens (tertiary/aromatic N) is 6. The number of hydrogen-bond donors (Lipinski definition) is 3. The summed E-state index contributed by atoms with van der Waals surface area (Å²) in [4.78, 5) is 79.2. The quantitative estimate of drug-likeness (QED) is 0.146. The van der Waals surface area contributed by atoms with E-state index in [4.69, 9.17) is 9.90 Å². The summed E-state index contributed by atoms with van der Waals surface area (Å²) in [5, 5.41) is 16.4. The molecule has 2 aromatic carbocycles. The molecule has 0 bridgehead atoms. The third-order valence-corrected chi connectivity index (χ3v) is 9.40. The molecule has 1 unspecified atom stereocenters. The molecule has 0 spiro atoms. The zero-order valence-electron chi connectivity index (χ0n) is 30.2. The van der Waals surface area contributed by atoms with E-state index in [0.717, 1.165) is 22.7 Å². The van der Waals surface area contributed by atoms with Crippen molar-refractivity contribution >= 4 is 46.9 Å². The zero-order valence-corrected chi connectivity index (χ0v) is 30.2. The highest BCUT2D eigenvalue weighted by atomic mass is 19.4. The Labute approximate surface area is 323 Å². The number of rotatable bonds is 6. The lowest BCUT2D eigenvalue weighted by Gasteiger charge is -2.38. The van der Waals surface area contributed by atoms with Crippen LogP contribution in [0.4, 0.5) is 37.7 Å². The van der Waals surface area contributed by atoms with E-state index in [1.807, 2.05) is 4.90 Å². The van der Waals surface area contributed by atoms with Gasteiger partial charge < -0.3 is 19.9 Å². The molecule has 3 aliphatic rings. The number of fused-ring (bicyclic) bond motifs is 1.